The molecule has 5 heteroatoms. The largest absolute Gasteiger partial charge is 0.378 e. The summed E-state index contributed by atoms with van der Waals surface area (Å²) in [5.74, 6) is 0.164. The summed E-state index contributed by atoms with van der Waals surface area (Å²) in [4.78, 5) is 14.6. The topological polar surface area (TPSA) is 34.5 Å². The molecule has 2 aliphatic rings. The molecule has 1 saturated carbocycles. The van der Waals surface area contributed by atoms with Gasteiger partial charge in [0.05, 0.1) is 6.10 Å². The smallest absolute Gasteiger partial charge is 0.270 e. The Labute approximate surface area is 128 Å². The van der Waals surface area contributed by atoms with Crippen LogP contribution in [0.1, 0.15) is 49.1 Å². The number of hydrogen-bond donors (Lipinski definition) is 0. The molecular formula is C15H21BrN2O2. The maximum Gasteiger partial charge on any atom is 0.270 e. The molecule has 1 aliphatic carbocycles. The van der Waals surface area contributed by atoms with E-state index < -0.39 is 0 Å². The van der Waals surface area contributed by atoms with E-state index in [-0.39, 0.29) is 5.91 Å². The van der Waals surface area contributed by atoms with Crippen molar-refractivity contribution in [2.24, 2.45) is 0 Å². The molecule has 0 aromatic carbocycles. The number of amides is 1. The van der Waals surface area contributed by atoms with E-state index in [1.165, 1.54) is 12.8 Å². The maximum absolute atomic E-state index is 12.7. The maximum atomic E-state index is 12.7. The van der Waals surface area contributed by atoms with Crippen LogP contribution in [-0.4, -0.2) is 41.2 Å². The van der Waals surface area contributed by atoms with Crippen LogP contribution >= 0.6 is 15.9 Å². The normalized spacial score (nSPS) is 20.4. The lowest BCUT2D eigenvalue weighted by Crippen LogP contribution is -2.41. The monoisotopic (exact) mass is 340 g/mol. The zero-order chi connectivity index (χ0) is 14.1. The first-order valence-electron chi connectivity index (χ1n) is 7.47. The number of carbonyl (C=O) groups excluding carboxylic acids is 1. The van der Waals surface area contributed by atoms with Crippen molar-refractivity contribution < 1.29 is 9.53 Å². The van der Waals surface area contributed by atoms with Crippen molar-refractivity contribution in [2.45, 2.75) is 44.8 Å². The van der Waals surface area contributed by atoms with Crippen LogP contribution in [0.3, 0.4) is 0 Å². The van der Waals surface area contributed by atoms with Gasteiger partial charge in [-0.3, -0.25) is 4.79 Å². The van der Waals surface area contributed by atoms with Crippen molar-refractivity contribution in [3.8, 4) is 0 Å². The zero-order valence-corrected chi connectivity index (χ0v) is 13.4. The minimum atomic E-state index is 0.164. The first-order valence-corrected chi connectivity index (χ1v) is 8.26. The number of halogens is 1. The number of carbonyl (C=O) groups is 1. The van der Waals surface area contributed by atoms with Crippen LogP contribution in [0.5, 0.6) is 0 Å². The third kappa shape index (κ3) is 2.93. The van der Waals surface area contributed by atoms with Gasteiger partial charge in [-0.1, -0.05) is 0 Å². The molecule has 0 N–H and O–H groups in total. The van der Waals surface area contributed by atoms with Gasteiger partial charge >= 0.3 is 0 Å². The van der Waals surface area contributed by atoms with E-state index in [4.69, 9.17) is 4.74 Å². The molecule has 0 atom stereocenters. The lowest BCUT2D eigenvalue weighted by molar-refractivity contribution is 0.0143. The van der Waals surface area contributed by atoms with E-state index in [1.54, 1.807) is 0 Å². The fourth-order valence-electron chi connectivity index (χ4n) is 2.90. The van der Waals surface area contributed by atoms with Crippen molar-refractivity contribution in [3.05, 3.63) is 22.4 Å². The fourth-order valence-corrected chi connectivity index (χ4v) is 3.33. The van der Waals surface area contributed by atoms with Gasteiger partial charge in [0, 0.05) is 36.4 Å². The summed E-state index contributed by atoms with van der Waals surface area (Å²) in [6.45, 7) is 4.39. The van der Waals surface area contributed by atoms with E-state index in [9.17, 15) is 4.79 Å². The van der Waals surface area contributed by atoms with Gasteiger partial charge in [0.15, 0.2) is 0 Å². The average molecular weight is 341 g/mol. The van der Waals surface area contributed by atoms with Crippen molar-refractivity contribution in [1.82, 2.24) is 9.47 Å². The van der Waals surface area contributed by atoms with E-state index >= 15 is 0 Å². The third-order valence-electron chi connectivity index (χ3n) is 4.11. The van der Waals surface area contributed by atoms with Gasteiger partial charge in [0.2, 0.25) is 0 Å². The van der Waals surface area contributed by atoms with Gasteiger partial charge in [-0.2, -0.15) is 0 Å². The van der Waals surface area contributed by atoms with Gasteiger partial charge in [-0.05, 0) is 54.6 Å². The lowest BCUT2D eigenvalue weighted by Gasteiger charge is -2.32. The Morgan fingerprint density at radius 1 is 1.35 bits per heavy atom. The Bertz CT molecular complexity index is 488. The molecule has 0 bridgehead atoms. The molecule has 1 amide bonds. The molecule has 1 aromatic heterocycles. The number of nitrogens with zero attached hydrogens (tertiary/aromatic N) is 2. The highest BCUT2D eigenvalue weighted by molar-refractivity contribution is 9.10. The fraction of sp³-hybridized carbons (Fsp3) is 0.667. The Kier molecular flexibility index (Phi) is 4.17. The van der Waals surface area contributed by atoms with Crippen LogP contribution in [-0.2, 0) is 4.74 Å². The van der Waals surface area contributed by atoms with E-state index in [0.717, 1.165) is 42.7 Å². The summed E-state index contributed by atoms with van der Waals surface area (Å²) in [5, 5.41) is 0. The molecule has 0 unspecified atom stereocenters. The van der Waals surface area contributed by atoms with Crippen LogP contribution in [0, 0.1) is 0 Å². The molecule has 2 heterocycles. The molecule has 20 heavy (non-hydrogen) atoms. The summed E-state index contributed by atoms with van der Waals surface area (Å²) in [6.07, 6.45) is 6.64. The summed E-state index contributed by atoms with van der Waals surface area (Å²) >= 11 is 3.49. The second-order valence-corrected chi connectivity index (χ2v) is 6.54. The highest BCUT2D eigenvalue weighted by Gasteiger charge is 2.31. The van der Waals surface area contributed by atoms with Crippen molar-refractivity contribution in [3.63, 3.8) is 0 Å². The predicted molar refractivity (Wildman–Crippen MR) is 81.0 cm³/mol. The molecule has 1 aliphatic heterocycles. The number of piperidine rings is 1. The van der Waals surface area contributed by atoms with Gasteiger partial charge in [-0.25, -0.2) is 0 Å². The zero-order valence-electron chi connectivity index (χ0n) is 11.8. The quantitative estimate of drug-likeness (QED) is 0.843. The highest BCUT2D eigenvalue weighted by atomic mass is 79.9. The molecule has 0 radical (unpaired) electrons. The van der Waals surface area contributed by atoms with E-state index in [1.807, 2.05) is 24.1 Å². The van der Waals surface area contributed by atoms with Crippen LogP contribution in [0.25, 0.3) is 0 Å². The molecule has 4 nitrogen and oxygen atoms in total. The van der Waals surface area contributed by atoms with Crippen LogP contribution in [0.4, 0.5) is 0 Å². The van der Waals surface area contributed by atoms with Crippen molar-refractivity contribution in [2.75, 3.05) is 19.7 Å². The van der Waals surface area contributed by atoms with Crippen LogP contribution in [0.15, 0.2) is 16.7 Å². The standard InChI is InChI=1S/C15H21BrN2O2/c1-2-20-13-5-7-17(8-6-13)15(19)14-9-11(16)10-18(14)12-3-4-12/h9-10,12-13H,2-8H2,1H3. The molecule has 1 saturated heterocycles. The van der Waals surface area contributed by atoms with Crippen molar-refractivity contribution >= 4 is 21.8 Å². The van der Waals surface area contributed by atoms with Crippen molar-refractivity contribution in [1.29, 1.82) is 0 Å². The van der Waals surface area contributed by atoms with Gasteiger partial charge in [-0.15, -0.1) is 0 Å². The van der Waals surface area contributed by atoms with E-state index in [0.29, 0.717) is 12.1 Å². The summed E-state index contributed by atoms with van der Waals surface area (Å²) in [6, 6.07) is 2.48. The number of aromatic nitrogens is 1. The average Bonchev–Trinajstić information content (AvgIpc) is 3.22. The number of likely N-dealkylation sites (tertiary alicyclic amines) is 1. The number of rotatable bonds is 4. The summed E-state index contributed by atoms with van der Waals surface area (Å²) in [5.41, 5.74) is 0.828. The minimum absolute atomic E-state index is 0.164. The van der Waals surface area contributed by atoms with Crippen LogP contribution < -0.4 is 0 Å². The van der Waals surface area contributed by atoms with Gasteiger partial charge in [0.25, 0.3) is 5.91 Å². The SMILES string of the molecule is CCOC1CCN(C(=O)c2cc(Br)cn2C2CC2)CC1. The number of hydrogen-bond acceptors (Lipinski definition) is 2. The van der Waals surface area contributed by atoms with Gasteiger partial charge in [0.1, 0.15) is 5.69 Å². The van der Waals surface area contributed by atoms with Crippen LogP contribution in [0.2, 0.25) is 0 Å². The van der Waals surface area contributed by atoms with Gasteiger partial charge < -0.3 is 14.2 Å². The summed E-state index contributed by atoms with van der Waals surface area (Å²) in [7, 11) is 0. The first-order chi connectivity index (χ1) is 9.69. The third-order valence-corrected chi connectivity index (χ3v) is 4.54. The summed E-state index contributed by atoms with van der Waals surface area (Å²) < 4.78 is 8.78. The molecule has 3 rings (SSSR count). The molecule has 0 spiro atoms. The predicted octanol–water partition coefficient (Wildman–Crippen LogP) is 3.23. The Balaban J connectivity index is 1.67. The second kappa shape index (κ2) is 5.90. The molecule has 110 valence electrons. The Morgan fingerprint density at radius 2 is 2.05 bits per heavy atom. The lowest BCUT2D eigenvalue weighted by atomic mass is 10.1. The molecule has 1 aromatic rings. The Hall–Kier alpha value is -0.810. The Morgan fingerprint density at radius 3 is 2.65 bits per heavy atom. The molecule has 2 fully saturated rings. The number of ether oxygens (including phenoxy) is 1. The minimum Gasteiger partial charge on any atom is -0.378 e. The second-order valence-electron chi connectivity index (χ2n) is 5.63. The highest BCUT2D eigenvalue weighted by Crippen LogP contribution is 2.37. The molecular weight excluding hydrogens is 320 g/mol. The van der Waals surface area contributed by atoms with E-state index in [2.05, 4.69) is 20.5 Å². The first kappa shape index (κ1) is 14.1.